The molecule has 4 nitrogen and oxygen atoms in total. The van der Waals surface area contributed by atoms with E-state index in [4.69, 9.17) is 33.0 Å². The number of fused-ring (bicyclic) bond motifs is 1. The van der Waals surface area contributed by atoms with E-state index in [0.717, 1.165) is 11.1 Å². The van der Waals surface area contributed by atoms with Gasteiger partial charge in [0.1, 0.15) is 5.02 Å². The summed E-state index contributed by atoms with van der Waals surface area (Å²) in [5.41, 5.74) is 2.84. The van der Waals surface area contributed by atoms with Crippen molar-refractivity contribution in [2.24, 2.45) is 0 Å². The molecule has 1 unspecified atom stereocenters. The highest BCUT2D eigenvalue weighted by molar-refractivity contribution is 6.43. The molecule has 0 saturated heterocycles. The second-order valence-electron chi connectivity index (χ2n) is 6.12. The topological polar surface area (TPSA) is 63.6 Å². The molecule has 0 fully saturated rings. The molecule has 1 aliphatic carbocycles. The number of hydrogen-bond acceptors (Lipinski definition) is 3. The summed E-state index contributed by atoms with van der Waals surface area (Å²) in [6.45, 7) is 2.13. The first-order chi connectivity index (χ1) is 11.3. The number of hydrogen-bond donors (Lipinski definition) is 1. The first-order valence-corrected chi connectivity index (χ1v) is 8.08. The van der Waals surface area contributed by atoms with E-state index < -0.39 is 11.9 Å². The van der Waals surface area contributed by atoms with Crippen LogP contribution in [0.5, 0.6) is 5.75 Å². The average molecular weight is 365 g/mol. The van der Waals surface area contributed by atoms with Crippen molar-refractivity contribution in [3.05, 3.63) is 63.1 Å². The van der Waals surface area contributed by atoms with Gasteiger partial charge in [0.05, 0.1) is 5.02 Å². The number of carbonyl (C=O) groups excluding carboxylic acids is 1. The molecule has 124 valence electrons. The molecule has 3 rings (SSSR count). The van der Waals surface area contributed by atoms with Gasteiger partial charge in [-0.3, -0.25) is 0 Å². The fourth-order valence-electron chi connectivity index (χ4n) is 3.17. The predicted octanol–water partition coefficient (Wildman–Crippen LogP) is 4.04. The van der Waals surface area contributed by atoms with Crippen molar-refractivity contribution in [1.29, 1.82) is 0 Å². The van der Waals surface area contributed by atoms with Gasteiger partial charge in [-0.25, -0.2) is 9.59 Å². The first kappa shape index (κ1) is 16.8. The van der Waals surface area contributed by atoms with Gasteiger partial charge in [0.25, 0.3) is 0 Å². The van der Waals surface area contributed by atoms with Crippen LogP contribution >= 0.6 is 23.2 Å². The molecule has 1 N–H and O–H groups in total. The zero-order chi connectivity index (χ0) is 17.5. The van der Waals surface area contributed by atoms with Crippen LogP contribution in [0, 0.1) is 0 Å². The van der Waals surface area contributed by atoms with Crippen LogP contribution in [0.4, 0.5) is 0 Å². The zero-order valence-electron chi connectivity index (χ0n) is 12.8. The molecule has 0 amide bonds. The molecular weight excluding hydrogens is 351 g/mol. The minimum atomic E-state index is -1.68. The van der Waals surface area contributed by atoms with E-state index in [1.807, 2.05) is 18.2 Å². The van der Waals surface area contributed by atoms with E-state index in [9.17, 15) is 9.59 Å². The van der Waals surface area contributed by atoms with Crippen molar-refractivity contribution < 1.29 is 19.4 Å². The molecule has 0 radical (unpaired) electrons. The van der Waals surface area contributed by atoms with Crippen LogP contribution in [0.2, 0.25) is 10.0 Å². The molecule has 0 aliphatic heterocycles. The van der Waals surface area contributed by atoms with Crippen LogP contribution in [-0.4, -0.2) is 17.0 Å². The Balaban J connectivity index is 1.99. The number of benzene rings is 2. The molecule has 0 spiro atoms. The van der Waals surface area contributed by atoms with Crippen molar-refractivity contribution in [3.63, 3.8) is 0 Å². The van der Waals surface area contributed by atoms with Gasteiger partial charge >= 0.3 is 11.9 Å². The summed E-state index contributed by atoms with van der Waals surface area (Å²) >= 11 is 12.5. The van der Waals surface area contributed by atoms with Gasteiger partial charge < -0.3 is 9.84 Å². The number of aliphatic carboxylic acids is 1. The summed E-state index contributed by atoms with van der Waals surface area (Å²) in [7, 11) is 0. The predicted molar refractivity (Wildman–Crippen MR) is 90.9 cm³/mol. The number of ether oxygens (including phenoxy) is 1. The maximum atomic E-state index is 11.3. The van der Waals surface area contributed by atoms with Crippen molar-refractivity contribution in [2.45, 2.75) is 25.2 Å². The van der Waals surface area contributed by atoms with Gasteiger partial charge in [-0.15, -0.1) is 0 Å². The van der Waals surface area contributed by atoms with Crippen molar-refractivity contribution in [3.8, 4) is 5.75 Å². The quantitative estimate of drug-likeness (QED) is 0.496. The van der Waals surface area contributed by atoms with E-state index >= 15 is 0 Å². The second-order valence-corrected chi connectivity index (χ2v) is 6.87. The third kappa shape index (κ3) is 2.87. The molecule has 2 aromatic rings. The molecule has 6 heteroatoms. The third-order valence-electron chi connectivity index (χ3n) is 4.36. The Hall–Kier alpha value is -2.04. The molecule has 1 atom stereocenters. The minimum absolute atomic E-state index is 0.0230. The van der Waals surface area contributed by atoms with Crippen molar-refractivity contribution in [1.82, 2.24) is 0 Å². The Morgan fingerprint density at radius 3 is 2.42 bits per heavy atom. The van der Waals surface area contributed by atoms with E-state index in [1.54, 1.807) is 6.07 Å². The van der Waals surface area contributed by atoms with Crippen LogP contribution in [0.25, 0.3) is 0 Å². The van der Waals surface area contributed by atoms with Gasteiger partial charge in [0.15, 0.2) is 5.75 Å². The monoisotopic (exact) mass is 364 g/mol. The number of carbonyl (C=O) groups is 2. The Labute approximate surface area is 149 Å². The van der Waals surface area contributed by atoms with Crippen LogP contribution in [0.3, 0.4) is 0 Å². The van der Waals surface area contributed by atoms with Gasteiger partial charge in [0.2, 0.25) is 0 Å². The third-order valence-corrected chi connectivity index (χ3v) is 5.25. The summed E-state index contributed by atoms with van der Waals surface area (Å²) in [6, 6.07) is 11.7. The normalized spacial score (nSPS) is 19.0. The highest BCUT2D eigenvalue weighted by atomic mass is 35.5. The number of carboxylic acid groups (broad SMARTS) is 1. The average Bonchev–Trinajstić information content (AvgIpc) is 2.91. The van der Waals surface area contributed by atoms with Crippen molar-refractivity contribution >= 4 is 35.1 Å². The van der Waals surface area contributed by atoms with E-state index in [-0.39, 0.29) is 16.2 Å². The molecule has 0 bridgehead atoms. The van der Waals surface area contributed by atoms with Gasteiger partial charge in [-0.05, 0) is 35.6 Å². The SMILES string of the molecule is CC1(c2ccccc2)Cc2cc(OC(=O)C(=O)O)c(Cl)c(Cl)c2C1. The lowest BCUT2D eigenvalue weighted by Crippen LogP contribution is -2.22. The van der Waals surface area contributed by atoms with Crippen LogP contribution in [0.1, 0.15) is 23.6 Å². The molecule has 2 aromatic carbocycles. The van der Waals surface area contributed by atoms with Crippen LogP contribution < -0.4 is 4.74 Å². The number of esters is 1. The largest absolute Gasteiger partial charge is 0.473 e. The first-order valence-electron chi connectivity index (χ1n) is 7.32. The molecule has 0 saturated carbocycles. The van der Waals surface area contributed by atoms with Crippen LogP contribution in [0.15, 0.2) is 36.4 Å². The number of carboxylic acids is 1. The summed E-state index contributed by atoms with van der Waals surface area (Å²) in [6.07, 6.45) is 1.40. The molecule has 24 heavy (non-hydrogen) atoms. The lowest BCUT2D eigenvalue weighted by molar-refractivity contribution is -0.158. The highest BCUT2D eigenvalue weighted by Gasteiger charge is 2.37. The Morgan fingerprint density at radius 1 is 1.12 bits per heavy atom. The summed E-state index contributed by atoms with van der Waals surface area (Å²) in [4.78, 5) is 22.0. The van der Waals surface area contributed by atoms with Crippen molar-refractivity contribution in [2.75, 3.05) is 0 Å². The number of halogens is 2. The zero-order valence-corrected chi connectivity index (χ0v) is 14.3. The Morgan fingerprint density at radius 2 is 1.79 bits per heavy atom. The highest BCUT2D eigenvalue weighted by Crippen LogP contribution is 2.47. The smallest absolute Gasteiger partial charge is 0.422 e. The van der Waals surface area contributed by atoms with Gasteiger partial charge in [0, 0.05) is 5.41 Å². The fraction of sp³-hybridized carbons (Fsp3) is 0.222. The van der Waals surface area contributed by atoms with Crippen LogP contribution in [-0.2, 0) is 27.8 Å². The lowest BCUT2D eigenvalue weighted by atomic mass is 9.80. The number of rotatable bonds is 2. The molecule has 1 aliphatic rings. The van der Waals surface area contributed by atoms with E-state index in [2.05, 4.69) is 19.1 Å². The second kappa shape index (κ2) is 6.11. The molecule has 0 aromatic heterocycles. The van der Waals surface area contributed by atoms with E-state index in [0.29, 0.717) is 17.9 Å². The Kier molecular flexibility index (Phi) is 4.28. The molecular formula is C18H14Cl2O4. The van der Waals surface area contributed by atoms with E-state index in [1.165, 1.54) is 5.56 Å². The lowest BCUT2D eigenvalue weighted by Gasteiger charge is -2.24. The minimum Gasteiger partial charge on any atom is -0.473 e. The maximum Gasteiger partial charge on any atom is 0.422 e. The summed E-state index contributed by atoms with van der Waals surface area (Å²) in [5, 5.41) is 9.04. The summed E-state index contributed by atoms with van der Waals surface area (Å²) in [5.74, 6) is -3.10. The van der Waals surface area contributed by atoms with Gasteiger partial charge in [-0.1, -0.05) is 60.5 Å². The Bertz CT molecular complexity index is 833. The maximum absolute atomic E-state index is 11.3. The van der Waals surface area contributed by atoms with Gasteiger partial charge in [-0.2, -0.15) is 0 Å². The standard InChI is InChI=1S/C18H14Cl2O4/c1-18(11-5-3-2-4-6-11)8-10-7-13(24-17(23)16(21)22)15(20)14(19)12(10)9-18/h2-7H,8-9H2,1H3,(H,21,22). The fourth-order valence-corrected chi connectivity index (χ4v) is 3.66. The summed E-state index contributed by atoms with van der Waals surface area (Å²) < 4.78 is 4.83. The molecule has 0 heterocycles.